The molecular weight excluding hydrogens is 228 g/mol. The average molecular weight is 248 g/mol. The Balaban J connectivity index is 2.02. The van der Waals surface area contributed by atoms with Gasteiger partial charge in [0, 0.05) is 6.42 Å². The van der Waals surface area contributed by atoms with E-state index in [1.807, 2.05) is 6.07 Å². The molecule has 0 fully saturated rings. The zero-order valence-corrected chi connectivity index (χ0v) is 11.2. The van der Waals surface area contributed by atoms with Crippen molar-refractivity contribution in [2.75, 3.05) is 6.54 Å². The van der Waals surface area contributed by atoms with E-state index in [0.29, 0.717) is 18.4 Å². The van der Waals surface area contributed by atoms with E-state index in [9.17, 15) is 0 Å². The second kappa shape index (κ2) is 5.87. The summed E-state index contributed by atoms with van der Waals surface area (Å²) in [7, 11) is 0. The molecular formula is C14H20N2O2. The summed E-state index contributed by atoms with van der Waals surface area (Å²) in [5.74, 6) is 3.06. The van der Waals surface area contributed by atoms with E-state index in [1.165, 1.54) is 0 Å². The molecule has 4 nitrogen and oxygen atoms in total. The van der Waals surface area contributed by atoms with Gasteiger partial charge in [0.25, 0.3) is 0 Å². The summed E-state index contributed by atoms with van der Waals surface area (Å²) in [5.41, 5.74) is 1.00. The molecule has 18 heavy (non-hydrogen) atoms. The number of hydrogen-bond donors (Lipinski definition) is 1. The molecule has 2 heterocycles. The Kier molecular flexibility index (Phi) is 4.20. The third kappa shape index (κ3) is 3.01. The van der Waals surface area contributed by atoms with Crippen molar-refractivity contribution in [1.29, 1.82) is 0 Å². The van der Waals surface area contributed by atoms with Crippen molar-refractivity contribution in [2.45, 2.75) is 33.7 Å². The molecule has 0 aliphatic carbocycles. The highest BCUT2D eigenvalue weighted by Gasteiger charge is 2.12. The van der Waals surface area contributed by atoms with Gasteiger partial charge in [0.2, 0.25) is 5.89 Å². The lowest BCUT2D eigenvalue weighted by Gasteiger charge is -2.04. The van der Waals surface area contributed by atoms with Crippen molar-refractivity contribution in [1.82, 2.24) is 10.3 Å². The van der Waals surface area contributed by atoms with E-state index in [4.69, 9.17) is 8.83 Å². The number of aromatic nitrogens is 1. The van der Waals surface area contributed by atoms with Crippen molar-refractivity contribution >= 4 is 0 Å². The van der Waals surface area contributed by atoms with Crippen LogP contribution in [0.3, 0.4) is 0 Å². The van der Waals surface area contributed by atoms with E-state index >= 15 is 0 Å². The fourth-order valence-corrected chi connectivity index (χ4v) is 1.82. The summed E-state index contributed by atoms with van der Waals surface area (Å²) >= 11 is 0. The highest BCUT2D eigenvalue weighted by molar-refractivity contribution is 5.58. The van der Waals surface area contributed by atoms with Crippen molar-refractivity contribution in [3.8, 4) is 11.3 Å². The van der Waals surface area contributed by atoms with Crippen molar-refractivity contribution in [3.63, 3.8) is 0 Å². The maximum absolute atomic E-state index is 5.72. The molecule has 0 aliphatic heterocycles. The first-order valence-corrected chi connectivity index (χ1v) is 6.42. The molecule has 2 aromatic heterocycles. The number of furan rings is 1. The lowest BCUT2D eigenvalue weighted by atomic mass is 10.2. The van der Waals surface area contributed by atoms with Crippen LogP contribution in [0.25, 0.3) is 11.3 Å². The number of nitrogens with one attached hydrogen (secondary N) is 1. The van der Waals surface area contributed by atoms with E-state index in [2.05, 4.69) is 31.1 Å². The van der Waals surface area contributed by atoms with Crippen molar-refractivity contribution in [3.05, 3.63) is 30.2 Å². The Bertz CT molecular complexity index is 485. The molecule has 4 heteroatoms. The van der Waals surface area contributed by atoms with Crippen LogP contribution in [0.5, 0.6) is 0 Å². The summed E-state index contributed by atoms with van der Waals surface area (Å²) in [5, 5.41) is 3.31. The number of aryl methyl sites for hydroxylation is 1. The van der Waals surface area contributed by atoms with Gasteiger partial charge in [-0.1, -0.05) is 20.8 Å². The summed E-state index contributed by atoms with van der Waals surface area (Å²) in [4.78, 5) is 4.27. The molecule has 98 valence electrons. The molecule has 0 aliphatic rings. The largest absolute Gasteiger partial charge is 0.469 e. The minimum absolute atomic E-state index is 0.625. The van der Waals surface area contributed by atoms with Crippen LogP contribution in [-0.2, 0) is 13.0 Å². The van der Waals surface area contributed by atoms with Crippen LogP contribution in [0.4, 0.5) is 0 Å². The normalized spacial score (nSPS) is 11.3. The monoisotopic (exact) mass is 248 g/mol. The molecule has 0 saturated heterocycles. The van der Waals surface area contributed by atoms with E-state index < -0.39 is 0 Å². The topological polar surface area (TPSA) is 51.2 Å². The SMILES string of the molecule is CCc1occc1-c1cnc(CNCC(C)C)o1. The lowest BCUT2D eigenvalue weighted by molar-refractivity contribution is 0.457. The van der Waals surface area contributed by atoms with Crippen LogP contribution in [0.15, 0.2) is 27.4 Å². The van der Waals surface area contributed by atoms with Gasteiger partial charge in [0.05, 0.1) is 24.6 Å². The summed E-state index contributed by atoms with van der Waals surface area (Å²) in [6.45, 7) is 8.03. The van der Waals surface area contributed by atoms with Gasteiger partial charge in [-0.25, -0.2) is 4.98 Å². The summed E-state index contributed by atoms with van der Waals surface area (Å²) in [6, 6.07) is 1.92. The van der Waals surface area contributed by atoms with Crippen LogP contribution < -0.4 is 5.32 Å². The quantitative estimate of drug-likeness (QED) is 0.852. The minimum Gasteiger partial charge on any atom is -0.469 e. The molecule has 0 radical (unpaired) electrons. The Morgan fingerprint density at radius 2 is 2.22 bits per heavy atom. The van der Waals surface area contributed by atoms with E-state index in [0.717, 1.165) is 30.0 Å². The molecule has 0 bridgehead atoms. The van der Waals surface area contributed by atoms with Gasteiger partial charge < -0.3 is 14.2 Å². The summed E-state index contributed by atoms with van der Waals surface area (Å²) in [6.07, 6.45) is 4.30. The van der Waals surface area contributed by atoms with E-state index in [1.54, 1.807) is 12.5 Å². The maximum atomic E-state index is 5.72. The van der Waals surface area contributed by atoms with Gasteiger partial charge in [-0.15, -0.1) is 0 Å². The van der Waals surface area contributed by atoms with Crippen LogP contribution in [0.2, 0.25) is 0 Å². The fraction of sp³-hybridized carbons (Fsp3) is 0.500. The van der Waals surface area contributed by atoms with Crippen molar-refractivity contribution in [2.24, 2.45) is 5.92 Å². The van der Waals surface area contributed by atoms with Crippen LogP contribution in [-0.4, -0.2) is 11.5 Å². The first-order chi connectivity index (χ1) is 8.70. The van der Waals surface area contributed by atoms with Gasteiger partial charge in [-0.05, 0) is 18.5 Å². The molecule has 1 N–H and O–H groups in total. The number of oxazole rings is 1. The number of hydrogen-bond acceptors (Lipinski definition) is 4. The zero-order chi connectivity index (χ0) is 13.0. The van der Waals surface area contributed by atoms with Crippen LogP contribution >= 0.6 is 0 Å². The van der Waals surface area contributed by atoms with Gasteiger partial charge in [-0.3, -0.25) is 0 Å². The fourth-order valence-electron chi connectivity index (χ4n) is 1.82. The zero-order valence-electron chi connectivity index (χ0n) is 11.2. The van der Waals surface area contributed by atoms with Gasteiger partial charge in [0.15, 0.2) is 5.76 Å². The third-order valence-electron chi connectivity index (χ3n) is 2.71. The maximum Gasteiger partial charge on any atom is 0.208 e. The van der Waals surface area contributed by atoms with Gasteiger partial charge >= 0.3 is 0 Å². The predicted octanol–water partition coefficient (Wildman–Crippen LogP) is 3.24. The number of nitrogens with zero attached hydrogens (tertiary/aromatic N) is 1. The first-order valence-electron chi connectivity index (χ1n) is 6.42. The Morgan fingerprint density at radius 3 is 2.94 bits per heavy atom. The van der Waals surface area contributed by atoms with Gasteiger partial charge in [-0.2, -0.15) is 0 Å². The molecule has 2 rings (SSSR count). The highest BCUT2D eigenvalue weighted by atomic mass is 16.4. The highest BCUT2D eigenvalue weighted by Crippen LogP contribution is 2.25. The van der Waals surface area contributed by atoms with Crippen LogP contribution in [0, 0.1) is 5.92 Å². The minimum atomic E-state index is 0.625. The molecule has 0 atom stereocenters. The van der Waals surface area contributed by atoms with Gasteiger partial charge in [0.1, 0.15) is 5.76 Å². The van der Waals surface area contributed by atoms with Crippen molar-refractivity contribution < 1.29 is 8.83 Å². The third-order valence-corrected chi connectivity index (χ3v) is 2.71. The molecule has 0 unspecified atom stereocenters. The summed E-state index contributed by atoms with van der Waals surface area (Å²) < 4.78 is 11.1. The van der Waals surface area contributed by atoms with E-state index in [-0.39, 0.29) is 0 Å². The molecule has 0 amide bonds. The Morgan fingerprint density at radius 1 is 1.39 bits per heavy atom. The molecule has 0 saturated carbocycles. The van der Waals surface area contributed by atoms with Crippen LogP contribution in [0.1, 0.15) is 32.4 Å². The predicted molar refractivity (Wildman–Crippen MR) is 70.1 cm³/mol. The average Bonchev–Trinajstić information content (AvgIpc) is 2.95. The lowest BCUT2D eigenvalue weighted by Crippen LogP contribution is -2.18. The second-order valence-corrected chi connectivity index (χ2v) is 4.75. The standard InChI is InChI=1S/C14H20N2O2/c1-4-12-11(5-6-17-12)13-8-16-14(18-13)9-15-7-10(2)3/h5-6,8,10,15H,4,7,9H2,1-3H3. The molecule has 0 aromatic carbocycles. The number of rotatable bonds is 6. The Hall–Kier alpha value is -1.55. The molecule has 0 spiro atoms. The second-order valence-electron chi connectivity index (χ2n) is 4.75. The first kappa shape index (κ1) is 12.9. The Labute approximate surface area is 107 Å². The smallest absolute Gasteiger partial charge is 0.208 e. The molecule has 2 aromatic rings.